The number of para-hydroxylation sites is 1. The van der Waals surface area contributed by atoms with Gasteiger partial charge in [-0.1, -0.05) is 18.2 Å². The molecule has 1 fully saturated rings. The summed E-state index contributed by atoms with van der Waals surface area (Å²) < 4.78 is 8.72. The Labute approximate surface area is 115 Å². The summed E-state index contributed by atoms with van der Waals surface area (Å²) in [7, 11) is 0. The van der Waals surface area contributed by atoms with Gasteiger partial charge < -0.3 is 4.74 Å². The van der Waals surface area contributed by atoms with Crippen LogP contribution in [0.4, 0.5) is 0 Å². The zero-order chi connectivity index (χ0) is 12.4. The van der Waals surface area contributed by atoms with Gasteiger partial charge in [0.15, 0.2) is 10.4 Å². The molecule has 0 unspecified atom stereocenters. The highest BCUT2D eigenvalue weighted by molar-refractivity contribution is 9.10. The molecule has 0 aliphatic heterocycles. The summed E-state index contributed by atoms with van der Waals surface area (Å²) in [5.41, 5.74) is 1.03. The van der Waals surface area contributed by atoms with Gasteiger partial charge in [0.25, 0.3) is 0 Å². The van der Waals surface area contributed by atoms with Gasteiger partial charge >= 0.3 is 0 Å². The van der Waals surface area contributed by atoms with Crippen LogP contribution < -0.4 is 4.74 Å². The number of hydrogen-bond donors (Lipinski definition) is 0. The molecule has 1 aromatic carbocycles. The maximum Gasteiger partial charge on any atom is 0.172 e. The van der Waals surface area contributed by atoms with E-state index in [1.54, 1.807) is 6.20 Å². The number of hydrogen-bond acceptors (Lipinski definition) is 2. The lowest BCUT2D eigenvalue weighted by Crippen LogP contribution is -2.10. The maximum atomic E-state index is 5.98. The number of nitrogens with zero attached hydrogens (tertiary/aromatic N) is 2. The second-order valence-electron chi connectivity index (χ2n) is 4.57. The number of benzene rings is 1. The molecule has 0 radical (unpaired) electrons. The minimum Gasteiger partial charge on any atom is -0.486 e. The predicted molar refractivity (Wildman–Crippen MR) is 74.1 cm³/mol. The normalized spacial score (nSPS) is 16.1. The fourth-order valence-corrected chi connectivity index (χ4v) is 2.82. The van der Waals surface area contributed by atoms with Crippen LogP contribution in [0.3, 0.4) is 0 Å². The quantitative estimate of drug-likeness (QED) is 0.858. The molecule has 0 bridgehead atoms. The number of aromatic nitrogens is 2. The van der Waals surface area contributed by atoms with Crippen molar-refractivity contribution in [3.63, 3.8) is 0 Å². The van der Waals surface area contributed by atoms with Crippen LogP contribution in [0.2, 0.25) is 0 Å². The second kappa shape index (κ2) is 5.14. The van der Waals surface area contributed by atoms with Crippen molar-refractivity contribution in [2.75, 3.05) is 0 Å². The summed E-state index contributed by atoms with van der Waals surface area (Å²) in [6, 6.07) is 10.0. The Hall–Kier alpha value is -1.29. The van der Waals surface area contributed by atoms with E-state index in [9.17, 15) is 0 Å². The van der Waals surface area contributed by atoms with Crippen molar-refractivity contribution < 1.29 is 4.74 Å². The molecule has 0 spiro atoms. The summed E-state index contributed by atoms with van der Waals surface area (Å²) in [6.07, 6.45) is 7.00. The van der Waals surface area contributed by atoms with Crippen LogP contribution in [0.1, 0.15) is 25.7 Å². The highest BCUT2D eigenvalue weighted by atomic mass is 79.9. The summed E-state index contributed by atoms with van der Waals surface area (Å²) in [5, 5.41) is 4.37. The third kappa shape index (κ3) is 2.29. The molecule has 4 heteroatoms. The predicted octanol–water partition coefficient (Wildman–Crippen LogP) is 3.96. The van der Waals surface area contributed by atoms with Crippen molar-refractivity contribution in [1.29, 1.82) is 0 Å². The molecule has 0 atom stereocenters. The van der Waals surface area contributed by atoms with E-state index in [0.29, 0.717) is 6.10 Å². The van der Waals surface area contributed by atoms with E-state index >= 15 is 0 Å². The first-order chi connectivity index (χ1) is 8.84. The van der Waals surface area contributed by atoms with Crippen molar-refractivity contribution in [3.8, 4) is 11.4 Å². The zero-order valence-electron chi connectivity index (χ0n) is 10.1. The molecular formula is C14H15BrN2O. The van der Waals surface area contributed by atoms with E-state index in [2.05, 4.69) is 21.0 Å². The Bertz CT molecular complexity index is 518. The maximum absolute atomic E-state index is 5.98. The Morgan fingerprint density at radius 3 is 2.61 bits per heavy atom. The molecule has 3 nitrogen and oxygen atoms in total. The molecule has 18 heavy (non-hydrogen) atoms. The van der Waals surface area contributed by atoms with Crippen LogP contribution >= 0.6 is 15.9 Å². The first-order valence-corrected chi connectivity index (χ1v) is 7.09. The summed E-state index contributed by atoms with van der Waals surface area (Å²) in [5.74, 6) is 0.839. The van der Waals surface area contributed by atoms with Gasteiger partial charge in [0, 0.05) is 0 Å². The van der Waals surface area contributed by atoms with Crippen molar-refractivity contribution >= 4 is 15.9 Å². The molecule has 94 valence electrons. The first kappa shape index (κ1) is 11.8. The van der Waals surface area contributed by atoms with E-state index in [0.717, 1.165) is 28.9 Å². The van der Waals surface area contributed by atoms with E-state index in [-0.39, 0.29) is 0 Å². The van der Waals surface area contributed by atoms with E-state index < -0.39 is 0 Å². The van der Waals surface area contributed by atoms with Crippen molar-refractivity contribution in [2.45, 2.75) is 31.8 Å². The molecule has 2 aromatic rings. The third-order valence-electron chi connectivity index (χ3n) is 3.28. The van der Waals surface area contributed by atoms with Gasteiger partial charge in [0.05, 0.1) is 18.0 Å². The fourth-order valence-electron chi connectivity index (χ4n) is 2.33. The van der Waals surface area contributed by atoms with Crippen molar-refractivity contribution in [1.82, 2.24) is 9.78 Å². The first-order valence-electron chi connectivity index (χ1n) is 6.30. The van der Waals surface area contributed by atoms with Crippen molar-refractivity contribution in [2.24, 2.45) is 0 Å². The molecule has 0 amide bonds. The molecule has 1 aromatic heterocycles. The minimum atomic E-state index is 0.356. The average Bonchev–Trinajstić information content (AvgIpc) is 3.03. The van der Waals surface area contributed by atoms with Gasteiger partial charge in [0.2, 0.25) is 0 Å². The lowest BCUT2D eigenvalue weighted by atomic mass is 10.3. The standard InChI is InChI=1S/C14H15BrN2O/c15-14-13(18-12-8-4-5-9-12)10-16-17(14)11-6-2-1-3-7-11/h1-3,6-7,10,12H,4-5,8-9H2. The summed E-state index contributed by atoms with van der Waals surface area (Å²) in [4.78, 5) is 0. The van der Waals surface area contributed by atoms with Crippen molar-refractivity contribution in [3.05, 3.63) is 41.1 Å². The highest BCUT2D eigenvalue weighted by Crippen LogP contribution is 2.31. The molecular weight excluding hydrogens is 292 g/mol. The molecule has 1 aliphatic carbocycles. The smallest absolute Gasteiger partial charge is 0.172 e. The van der Waals surface area contributed by atoms with Crippen LogP contribution in [0.5, 0.6) is 5.75 Å². The van der Waals surface area contributed by atoms with Crippen LogP contribution in [-0.4, -0.2) is 15.9 Å². The fraction of sp³-hybridized carbons (Fsp3) is 0.357. The molecule has 3 rings (SSSR count). The number of halogens is 1. The van der Waals surface area contributed by atoms with E-state index in [1.165, 1.54) is 12.8 Å². The Morgan fingerprint density at radius 2 is 1.89 bits per heavy atom. The van der Waals surface area contributed by atoms with E-state index in [1.807, 2.05) is 35.0 Å². The van der Waals surface area contributed by atoms with Gasteiger partial charge in [-0.15, -0.1) is 0 Å². The lowest BCUT2D eigenvalue weighted by molar-refractivity contribution is 0.208. The van der Waals surface area contributed by atoms with Gasteiger partial charge in [-0.3, -0.25) is 0 Å². The molecule has 0 saturated heterocycles. The van der Waals surface area contributed by atoms with Crippen LogP contribution in [-0.2, 0) is 0 Å². The topological polar surface area (TPSA) is 27.1 Å². The second-order valence-corrected chi connectivity index (χ2v) is 5.32. The third-order valence-corrected chi connectivity index (χ3v) is 4.00. The summed E-state index contributed by atoms with van der Waals surface area (Å²) in [6.45, 7) is 0. The average molecular weight is 307 g/mol. The summed E-state index contributed by atoms with van der Waals surface area (Å²) >= 11 is 3.57. The molecule has 1 aliphatic rings. The van der Waals surface area contributed by atoms with Crippen LogP contribution in [0, 0.1) is 0 Å². The van der Waals surface area contributed by atoms with Crippen LogP contribution in [0.25, 0.3) is 5.69 Å². The Kier molecular flexibility index (Phi) is 3.37. The molecule has 1 saturated carbocycles. The SMILES string of the molecule is Brc1c(OC2CCCC2)cnn1-c1ccccc1. The van der Waals surface area contributed by atoms with Crippen LogP contribution in [0.15, 0.2) is 41.1 Å². The van der Waals surface area contributed by atoms with Gasteiger partial charge in [-0.25, -0.2) is 4.68 Å². The largest absolute Gasteiger partial charge is 0.486 e. The Morgan fingerprint density at radius 1 is 1.17 bits per heavy atom. The molecule has 1 heterocycles. The van der Waals surface area contributed by atoms with Gasteiger partial charge in [-0.05, 0) is 53.7 Å². The zero-order valence-corrected chi connectivity index (χ0v) is 11.6. The lowest BCUT2D eigenvalue weighted by Gasteiger charge is -2.11. The number of ether oxygens (including phenoxy) is 1. The minimum absolute atomic E-state index is 0.356. The monoisotopic (exact) mass is 306 g/mol. The van der Waals surface area contributed by atoms with E-state index in [4.69, 9.17) is 4.74 Å². The Balaban J connectivity index is 1.83. The number of rotatable bonds is 3. The van der Waals surface area contributed by atoms with Gasteiger partial charge in [0.1, 0.15) is 0 Å². The highest BCUT2D eigenvalue weighted by Gasteiger charge is 2.19. The molecule has 0 N–H and O–H groups in total. The van der Waals surface area contributed by atoms with Gasteiger partial charge in [-0.2, -0.15) is 5.10 Å².